The molecule has 1 aromatic carbocycles. The van der Waals surface area contributed by atoms with Gasteiger partial charge in [0.05, 0.1) is 0 Å². The van der Waals surface area contributed by atoms with Gasteiger partial charge in [-0.15, -0.1) is 0 Å². The molecule has 21 heavy (non-hydrogen) atoms. The number of hydrogen-bond donors (Lipinski definition) is 0. The van der Waals surface area contributed by atoms with E-state index in [1.54, 1.807) is 0 Å². The Hall–Kier alpha value is -1.77. The van der Waals surface area contributed by atoms with E-state index in [4.69, 9.17) is 0 Å². The van der Waals surface area contributed by atoms with E-state index in [1.165, 1.54) is 33.4 Å². The van der Waals surface area contributed by atoms with Crippen LogP contribution in [0.1, 0.15) is 50.9 Å². The highest BCUT2D eigenvalue weighted by Crippen LogP contribution is 2.26. The molecule has 0 spiro atoms. The molecule has 1 heterocycles. The summed E-state index contributed by atoms with van der Waals surface area (Å²) in [5.74, 6) is 2.51. The van der Waals surface area contributed by atoms with Crippen molar-refractivity contribution < 1.29 is 0 Å². The first-order valence-electron chi connectivity index (χ1n) is 7.55. The molecule has 0 fully saturated rings. The van der Waals surface area contributed by atoms with Gasteiger partial charge < -0.3 is 0 Å². The van der Waals surface area contributed by atoms with Crippen molar-refractivity contribution in [1.29, 1.82) is 0 Å². The molecule has 0 saturated carbocycles. The summed E-state index contributed by atoms with van der Waals surface area (Å²) in [6, 6.07) is 0. The van der Waals surface area contributed by atoms with Gasteiger partial charge in [-0.05, 0) is 88.3 Å². The molecular weight excluding hydrogens is 258 g/mol. The van der Waals surface area contributed by atoms with Gasteiger partial charge in [0.25, 0.3) is 0 Å². The minimum atomic E-state index is 0.808. The molecule has 0 atom stereocenters. The molecule has 0 bridgehead atoms. The van der Waals surface area contributed by atoms with Crippen LogP contribution < -0.4 is 0 Å². The molecule has 0 aliphatic rings. The van der Waals surface area contributed by atoms with Crippen LogP contribution in [0.5, 0.6) is 0 Å². The van der Waals surface area contributed by atoms with Gasteiger partial charge in [0.15, 0.2) is 0 Å². The van der Waals surface area contributed by atoms with Crippen LogP contribution in [0.3, 0.4) is 0 Å². The first-order chi connectivity index (χ1) is 9.81. The summed E-state index contributed by atoms with van der Waals surface area (Å²) in [5.41, 5.74) is 8.52. The van der Waals surface area contributed by atoms with Crippen molar-refractivity contribution in [2.45, 2.75) is 61.3 Å². The number of aromatic nitrogens is 3. The second-order valence-electron chi connectivity index (χ2n) is 5.95. The molecule has 0 aliphatic heterocycles. The highest BCUT2D eigenvalue weighted by Gasteiger charge is 2.12. The standard InChI is InChI=1S/C18H25N3/c1-10-11(2)13(4)17(14(5)12(10)3)8-9-18-20-15(6)19-16(7)21-18/h8-9H2,1-7H3. The Kier molecular flexibility index (Phi) is 4.40. The zero-order chi connectivity index (χ0) is 15.7. The maximum Gasteiger partial charge on any atom is 0.132 e. The third-order valence-electron chi connectivity index (χ3n) is 4.66. The molecule has 1 aromatic heterocycles. The second kappa shape index (κ2) is 5.92. The van der Waals surface area contributed by atoms with Crippen molar-refractivity contribution in [3.05, 3.63) is 50.9 Å². The smallest absolute Gasteiger partial charge is 0.132 e. The van der Waals surface area contributed by atoms with E-state index in [0.29, 0.717) is 0 Å². The molecule has 0 unspecified atom stereocenters. The quantitative estimate of drug-likeness (QED) is 0.859. The molecule has 112 valence electrons. The molecular formula is C18H25N3. The Balaban J connectivity index is 2.32. The first kappa shape index (κ1) is 15.6. The van der Waals surface area contributed by atoms with Crippen molar-refractivity contribution in [3.8, 4) is 0 Å². The second-order valence-corrected chi connectivity index (χ2v) is 5.95. The minimum Gasteiger partial charge on any atom is -0.219 e. The summed E-state index contributed by atoms with van der Waals surface area (Å²) in [4.78, 5) is 13.1. The zero-order valence-electron chi connectivity index (χ0n) is 14.3. The van der Waals surface area contributed by atoms with Gasteiger partial charge in [-0.2, -0.15) is 0 Å². The summed E-state index contributed by atoms with van der Waals surface area (Å²) < 4.78 is 0. The van der Waals surface area contributed by atoms with E-state index in [-0.39, 0.29) is 0 Å². The summed E-state index contributed by atoms with van der Waals surface area (Å²) in [6.07, 6.45) is 1.86. The minimum absolute atomic E-state index is 0.808. The van der Waals surface area contributed by atoms with Gasteiger partial charge in [-0.3, -0.25) is 0 Å². The largest absolute Gasteiger partial charge is 0.219 e. The van der Waals surface area contributed by atoms with Crippen LogP contribution in [-0.2, 0) is 12.8 Å². The number of rotatable bonds is 3. The lowest BCUT2D eigenvalue weighted by molar-refractivity contribution is 0.787. The van der Waals surface area contributed by atoms with Gasteiger partial charge in [-0.25, -0.2) is 15.0 Å². The van der Waals surface area contributed by atoms with Gasteiger partial charge in [0, 0.05) is 6.42 Å². The molecule has 3 heteroatoms. The number of benzene rings is 1. The summed E-state index contributed by atoms with van der Waals surface area (Å²) in [6.45, 7) is 15.0. The van der Waals surface area contributed by atoms with Gasteiger partial charge in [0.1, 0.15) is 17.5 Å². The third-order valence-corrected chi connectivity index (χ3v) is 4.66. The Morgan fingerprint density at radius 3 is 1.43 bits per heavy atom. The fourth-order valence-corrected chi connectivity index (χ4v) is 2.98. The fourth-order valence-electron chi connectivity index (χ4n) is 2.98. The average Bonchev–Trinajstić information content (AvgIpc) is 2.42. The maximum absolute atomic E-state index is 4.45. The average molecular weight is 283 g/mol. The molecule has 2 rings (SSSR count). The van der Waals surface area contributed by atoms with Crippen molar-refractivity contribution in [3.63, 3.8) is 0 Å². The van der Waals surface area contributed by atoms with Crippen LogP contribution in [0.2, 0.25) is 0 Å². The van der Waals surface area contributed by atoms with Crippen molar-refractivity contribution >= 4 is 0 Å². The van der Waals surface area contributed by atoms with Crippen LogP contribution in [0.15, 0.2) is 0 Å². The van der Waals surface area contributed by atoms with Crippen molar-refractivity contribution in [2.75, 3.05) is 0 Å². The Morgan fingerprint density at radius 2 is 0.952 bits per heavy atom. The fraction of sp³-hybridized carbons (Fsp3) is 0.500. The van der Waals surface area contributed by atoms with E-state index < -0.39 is 0 Å². The molecule has 0 amide bonds. The predicted molar refractivity (Wildman–Crippen MR) is 86.8 cm³/mol. The van der Waals surface area contributed by atoms with Crippen molar-refractivity contribution in [2.24, 2.45) is 0 Å². The van der Waals surface area contributed by atoms with E-state index >= 15 is 0 Å². The van der Waals surface area contributed by atoms with Crippen LogP contribution in [0, 0.1) is 48.5 Å². The van der Waals surface area contributed by atoms with Crippen LogP contribution >= 0.6 is 0 Å². The summed E-state index contributed by atoms with van der Waals surface area (Å²) >= 11 is 0. The highest BCUT2D eigenvalue weighted by molar-refractivity contribution is 5.49. The lowest BCUT2D eigenvalue weighted by Crippen LogP contribution is -2.08. The maximum atomic E-state index is 4.45. The Bertz CT molecular complexity index is 638. The monoisotopic (exact) mass is 283 g/mol. The number of aryl methyl sites for hydroxylation is 3. The Morgan fingerprint density at radius 1 is 0.524 bits per heavy atom. The topological polar surface area (TPSA) is 38.7 Å². The van der Waals surface area contributed by atoms with Crippen molar-refractivity contribution in [1.82, 2.24) is 15.0 Å². The van der Waals surface area contributed by atoms with Gasteiger partial charge >= 0.3 is 0 Å². The highest BCUT2D eigenvalue weighted by atomic mass is 15.0. The molecule has 3 nitrogen and oxygen atoms in total. The third kappa shape index (κ3) is 3.12. The molecule has 2 aromatic rings. The van der Waals surface area contributed by atoms with E-state index in [2.05, 4.69) is 49.6 Å². The molecule has 0 N–H and O–H groups in total. The van der Waals surface area contributed by atoms with Crippen LogP contribution in [0.25, 0.3) is 0 Å². The molecule has 0 saturated heterocycles. The van der Waals surface area contributed by atoms with E-state index in [9.17, 15) is 0 Å². The van der Waals surface area contributed by atoms with Gasteiger partial charge in [0.2, 0.25) is 0 Å². The summed E-state index contributed by atoms with van der Waals surface area (Å²) in [5, 5.41) is 0. The van der Waals surface area contributed by atoms with Gasteiger partial charge in [-0.1, -0.05) is 0 Å². The zero-order valence-corrected chi connectivity index (χ0v) is 14.3. The lowest BCUT2D eigenvalue weighted by atomic mass is 9.87. The predicted octanol–water partition coefficient (Wildman–Crippen LogP) is 3.82. The number of nitrogens with zero attached hydrogens (tertiary/aromatic N) is 3. The molecule has 0 aliphatic carbocycles. The Labute approximate surface area is 127 Å². The normalized spacial score (nSPS) is 11.0. The molecule has 0 radical (unpaired) electrons. The lowest BCUT2D eigenvalue weighted by Gasteiger charge is -2.18. The van der Waals surface area contributed by atoms with Crippen LogP contribution in [0.4, 0.5) is 0 Å². The summed E-state index contributed by atoms with van der Waals surface area (Å²) in [7, 11) is 0. The number of hydrogen-bond acceptors (Lipinski definition) is 3. The van der Waals surface area contributed by atoms with E-state index in [0.717, 1.165) is 30.3 Å². The van der Waals surface area contributed by atoms with E-state index in [1.807, 2.05) is 13.8 Å². The SMILES string of the molecule is Cc1nc(C)nc(CCc2c(C)c(C)c(C)c(C)c2C)n1. The van der Waals surface area contributed by atoms with Crippen LogP contribution in [-0.4, -0.2) is 15.0 Å². The first-order valence-corrected chi connectivity index (χ1v) is 7.55.